The van der Waals surface area contributed by atoms with Crippen molar-refractivity contribution in [3.8, 4) is 0 Å². The Morgan fingerprint density at radius 1 is 1.27 bits per heavy atom. The highest BCUT2D eigenvalue weighted by Gasteiger charge is 2.27. The molecule has 0 bridgehead atoms. The van der Waals surface area contributed by atoms with Gasteiger partial charge >= 0.3 is 0 Å². The van der Waals surface area contributed by atoms with Gasteiger partial charge in [-0.2, -0.15) is 4.31 Å². The number of nitrogens with zero attached hydrogens (tertiary/aromatic N) is 2. The van der Waals surface area contributed by atoms with Crippen LogP contribution >= 0.6 is 11.3 Å². The number of hydrogen-bond donors (Lipinski definition) is 1. The zero-order chi connectivity index (χ0) is 18.7. The van der Waals surface area contributed by atoms with Gasteiger partial charge < -0.3 is 9.84 Å². The molecule has 1 N–H and O–H groups in total. The predicted molar refractivity (Wildman–Crippen MR) is 102 cm³/mol. The molecule has 1 aromatic heterocycles. The van der Waals surface area contributed by atoms with Crippen molar-refractivity contribution in [1.29, 1.82) is 0 Å². The SMILES string of the molecule is CCN(CC)S(=O)(=O)c1cccc(C2=N/C(=C/c3cccs3)C(O)O2)c1. The number of benzene rings is 1. The molecule has 2 heterocycles. The van der Waals surface area contributed by atoms with Gasteiger partial charge in [0.25, 0.3) is 0 Å². The first-order valence-corrected chi connectivity index (χ1v) is 10.6. The van der Waals surface area contributed by atoms with E-state index in [1.165, 1.54) is 21.7 Å². The lowest BCUT2D eigenvalue weighted by Gasteiger charge is -2.18. The molecule has 0 radical (unpaired) electrons. The lowest BCUT2D eigenvalue weighted by molar-refractivity contribution is 0.0178. The van der Waals surface area contributed by atoms with E-state index in [9.17, 15) is 13.5 Å². The Kier molecular flexibility index (Phi) is 5.57. The number of hydrogen-bond acceptors (Lipinski definition) is 6. The molecule has 138 valence electrons. The fourth-order valence-electron chi connectivity index (χ4n) is 2.62. The fourth-order valence-corrected chi connectivity index (χ4v) is 4.79. The van der Waals surface area contributed by atoms with Gasteiger partial charge in [0.15, 0.2) is 0 Å². The smallest absolute Gasteiger partial charge is 0.243 e. The fraction of sp³-hybridized carbons (Fsp3) is 0.278. The molecule has 0 amide bonds. The van der Waals surface area contributed by atoms with Gasteiger partial charge in [0.2, 0.25) is 22.2 Å². The number of aliphatic hydroxyl groups is 1. The Morgan fingerprint density at radius 3 is 2.69 bits per heavy atom. The summed E-state index contributed by atoms with van der Waals surface area (Å²) in [4.78, 5) is 5.45. The summed E-state index contributed by atoms with van der Waals surface area (Å²) in [7, 11) is -3.57. The van der Waals surface area contributed by atoms with Gasteiger partial charge in [0, 0.05) is 23.5 Å². The van der Waals surface area contributed by atoms with E-state index in [2.05, 4.69) is 4.99 Å². The van der Waals surface area contributed by atoms with Gasteiger partial charge in [0.1, 0.15) is 5.70 Å². The molecule has 0 saturated heterocycles. The van der Waals surface area contributed by atoms with E-state index >= 15 is 0 Å². The molecule has 1 aromatic carbocycles. The van der Waals surface area contributed by atoms with Crippen LogP contribution in [-0.2, 0) is 14.8 Å². The number of rotatable bonds is 6. The van der Waals surface area contributed by atoms with Crippen LogP contribution in [0.15, 0.2) is 57.4 Å². The molecule has 0 fully saturated rings. The number of thiophene rings is 1. The monoisotopic (exact) mass is 392 g/mol. The van der Waals surface area contributed by atoms with Crippen molar-refractivity contribution in [2.75, 3.05) is 13.1 Å². The van der Waals surface area contributed by atoms with Crippen molar-refractivity contribution in [3.63, 3.8) is 0 Å². The molecule has 8 heteroatoms. The summed E-state index contributed by atoms with van der Waals surface area (Å²) in [5.41, 5.74) is 0.895. The quantitative estimate of drug-likeness (QED) is 0.820. The average Bonchev–Trinajstić information content (AvgIpc) is 3.27. The lowest BCUT2D eigenvalue weighted by atomic mass is 10.2. The summed E-state index contributed by atoms with van der Waals surface area (Å²) in [6, 6.07) is 10.2. The first-order chi connectivity index (χ1) is 12.5. The van der Waals surface area contributed by atoms with Crippen molar-refractivity contribution in [2.24, 2.45) is 4.99 Å². The molecule has 6 nitrogen and oxygen atoms in total. The van der Waals surface area contributed by atoms with Crippen LogP contribution in [0.25, 0.3) is 6.08 Å². The normalized spacial score (nSPS) is 19.0. The first kappa shape index (κ1) is 18.8. The predicted octanol–water partition coefficient (Wildman–Crippen LogP) is 2.91. The molecule has 0 aliphatic carbocycles. The highest BCUT2D eigenvalue weighted by atomic mass is 32.2. The second kappa shape index (κ2) is 7.71. The van der Waals surface area contributed by atoms with Gasteiger partial charge in [-0.25, -0.2) is 13.4 Å². The third-order valence-electron chi connectivity index (χ3n) is 3.96. The van der Waals surface area contributed by atoms with E-state index in [0.717, 1.165) is 4.88 Å². The van der Waals surface area contributed by atoms with Crippen molar-refractivity contribution in [2.45, 2.75) is 25.0 Å². The van der Waals surface area contributed by atoms with E-state index in [-0.39, 0.29) is 10.8 Å². The molecule has 1 aliphatic rings. The minimum atomic E-state index is -3.57. The summed E-state index contributed by atoms with van der Waals surface area (Å²) in [6.45, 7) is 4.39. The van der Waals surface area contributed by atoms with Crippen LogP contribution in [0.5, 0.6) is 0 Å². The van der Waals surface area contributed by atoms with Crippen molar-refractivity contribution < 1.29 is 18.3 Å². The van der Waals surface area contributed by atoms with E-state index in [0.29, 0.717) is 24.4 Å². The van der Waals surface area contributed by atoms with Crippen LogP contribution < -0.4 is 0 Å². The van der Waals surface area contributed by atoms with Crippen LogP contribution in [0.2, 0.25) is 0 Å². The Labute approximate surface area is 157 Å². The molecular weight excluding hydrogens is 372 g/mol. The molecule has 3 rings (SSSR count). The number of ether oxygens (including phenoxy) is 1. The molecule has 0 saturated carbocycles. The highest BCUT2D eigenvalue weighted by molar-refractivity contribution is 7.89. The molecule has 2 aromatic rings. The first-order valence-electron chi connectivity index (χ1n) is 8.24. The van der Waals surface area contributed by atoms with Crippen molar-refractivity contribution in [1.82, 2.24) is 4.31 Å². The molecule has 1 unspecified atom stereocenters. The topological polar surface area (TPSA) is 79.2 Å². The Balaban J connectivity index is 1.94. The second-order valence-electron chi connectivity index (χ2n) is 5.59. The van der Waals surface area contributed by atoms with Gasteiger partial charge in [-0.1, -0.05) is 26.0 Å². The Bertz CT molecular complexity index is 930. The van der Waals surface area contributed by atoms with E-state index in [1.807, 2.05) is 17.5 Å². The van der Waals surface area contributed by atoms with Crippen LogP contribution in [-0.4, -0.2) is 43.1 Å². The van der Waals surface area contributed by atoms with Gasteiger partial charge in [0.05, 0.1) is 4.90 Å². The minimum Gasteiger partial charge on any atom is -0.441 e. The average molecular weight is 393 g/mol. The molecule has 26 heavy (non-hydrogen) atoms. The number of aliphatic hydroxyl groups excluding tert-OH is 1. The molecule has 0 spiro atoms. The van der Waals surface area contributed by atoms with E-state index in [4.69, 9.17) is 4.74 Å². The maximum Gasteiger partial charge on any atom is 0.243 e. The maximum absolute atomic E-state index is 12.7. The van der Waals surface area contributed by atoms with Crippen LogP contribution in [0, 0.1) is 0 Å². The van der Waals surface area contributed by atoms with Crippen LogP contribution in [0.4, 0.5) is 0 Å². The Hall–Kier alpha value is -2.00. The maximum atomic E-state index is 12.7. The number of aliphatic imine (C=N–C) groups is 1. The zero-order valence-electron chi connectivity index (χ0n) is 14.5. The highest BCUT2D eigenvalue weighted by Crippen LogP contribution is 2.25. The molecular formula is C18H20N2O4S2. The summed E-state index contributed by atoms with van der Waals surface area (Å²) >= 11 is 1.53. The minimum absolute atomic E-state index is 0.176. The van der Waals surface area contributed by atoms with Crippen molar-refractivity contribution in [3.05, 3.63) is 57.9 Å². The molecule has 1 aliphatic heterocycles. The van der Waals surface area contributed by atoms with Crippen LogP contribution in [0.1, 0.15) is 24.3 Å². The summed E-state index contributed by atoms with van der Waals surface area (Å²) in [6.07, 6.45) is 0.578. The summed E-state index contributed by atoms with van der Waals surface area (Å²) < 4.78 is 32.2. The van der Waals surface area contributed by atoms with Crippen LogP contribution in [0.3, 0.4) is 0 Å². The van der Waals surface area contributed by atoms with Gasteiger partial charge in [-0.3, -0.25) is 0 Å². The standard InChI is InChI=1S/C18H20N2O4S2/c1-3-20(4-2)26(22,23)15-9-5-7-13(11-15)17-19-16(18(21)24-17)12-14-8-6-10-25-14/h5-12,18,21H,3-4H2,1-2H3/b16-12+. The largest absolute Gasteiger partial charge is 0.441 e. The molecule has 1 atom stereocenters. The zero-order valence-corrected chi connectivity index (χ0v) is 16.1. The third kappa shape index (κ3) is 3.73. The van der Waals surface area contributed by atoms with Gasteiger partial charge in [-0.05, 0) is 35.7 Å². The summed E-state index contributed by atoms with van der Waals surface area (Å²) in [5, 5.41) is 12.0. The lowest BCUT2D eigenvalue weighted by Crippen LogP contribution is -2.30. The number of sulfonamides is 1. The Morgan fingerprint density at radius 2 is 2.04 bits per heavy atom. The second-order valence-corrected chi connectivity index (χ2v) is 8.51. The van der Waals surface area contributed by atoms with Crippen molar-refractivity contribution >= 4 is 33.3 Å². The summed E-state index contributed by atoms with van der Waals surface area (Å²) in [5.74, 6) is 0.205. The van der Waals surface area contributed by atoms with E-state index < -0.39 is 16.3 Å². The van der Waals surface area contributed by atoms with Gasteiger partial charge in [-0.15, -0.1) is 11.3 Å². The van der Waals surface area contributed by atoms with E-state index in [1.54, 1.807) is 38.1 Å². The third-order valence-corrected chi connectivity index (χ3v) is 6.83.